The topological polar surface area (TPSA) is 70.9 Å². The lowest BCUT2D eigenvalue weighted by atomic mass is 10.1. The molecule has 0 radical (unpaired) electrons. The molecular weight excluding hydrogens is 269 g/mol. The van der Waals surface area contributed by atoms with Crippen molar-refractivity contribution < 1.29 is 9.18 Å². The first kappa shape index (κ1) is 13.2. The van der Waals surface area contributed by atoms with Crippen LogP contribution in [0, 0.1) is 5.82 Å². The van der Waals surface area contributed by atoms with Gasteiger partial charge in [0.05, 0.1) is 12.1 Å². The van der Waals surface area contributed by atoms with Crippen LogP contribution in [0.2, 0.25) is 0 Å². The van der Waals surface area contributed by atoms with Crippen LogP contribution < -0.4 is 11.1 Å². The van der Waals surface area contributed by atoms with Gasteiger partial charge in [0.25, 0.3) is 0 Å². The Balaban J connectivity index is 1.79. The van der Waals surface area contributed by atoms with Gasteiger partial charge in [-0.1, -0.05) is 18.2 Å². The van der Waals surface area contributed by atoms with Gasteiger partial charge in [-0.3, -0.25) is 4.79 Å². The van der Waals surface area contributed by atoms with Crippen LogP contribution in [0.5, 0.6) is 0 Å². The average molecular weight is 283 g/mol. The van der Waals surface area contributed by atoms with Crippen molar-refractivity contribution in [2.24, 2.45) is 0 Å². The molecule has 5 heteroatoms. The second-order valence-corrected chi connectivity index (χ2v) is 4.82. The summed E-state index contributed by atoms with van der Waals surface area (Å²) in [5, 5.41) is 3.53. The van der Waals surface area contributed by atoms with E-state index in [-0.39, 0.29) is 18.0 Å². The van der Waals surface area contributed by atoms with Crippen LogP contribution in [0.25, 0.3) is 10.9 Å². The second kappa shape index (κ2) is 5.28. The van der Waals surface area contributed by atoms with Gasteiger partial charge in [-0.15, -0.1) is 0 Å². The fourth-order valence-corrected chi connectivity index (χ4v) is 2.28. The lowest BCUT2D eigenvalue weighted by molar-refractivity contribution is -0.115. The van der Waals surface area contributed by atoms with Gasteiger partial charge in [-0.05, 0) is 29.8 Å². The lowest BCUT2D eigenvalue weighted by Crippen LogP contribution is -2.15. The number of nitrogen functional groups attached to an aromatic ring is 1. The van der Waals surface area contributed by atoms with Crippen LogP contribution in [0.1, 0.15) is 5.56 Å². The van der Waals surface area contributed by atoms with Gasteiger partial charge in [-0.25, -0.2) is 4.39 Å². The van der Waals surface area contributed by atoms with Gasteiger partial charge in [-0.2, -0.15) is 0 Å². The average Bonchev–Trinajstić information content (AvgIpc) is 2.86. The number of aromatic nitrogens is 1. The highest BCUT2D eigenvalue weighted by Crippen LogP contribution is 2.20. The molecule has 1 amide bonds. The van der Waals surface area contributed by atoms with Crippen molar-refractivity contribution in [2.45, 2.75) is 6.42 Å². The highest BCUT2D eigenvalue weighted by molar-refractivity contribution is 5.96. The van der Waals surface area contributed by atoms with Gasteiger partial charge in [0, 0.05) is 22.8 Å². The van der Waals surface area contributed by atoms with Gasteiger partial charge in [0.2, 0.25) is 5.91 Å². The van der Waals surface area contributed by atoms with Crippen LogP contribution in [-0.4, -0.2) is 10.9 Å². The molecule has 0 saturated carbocycles. The summed E-state index contributed by atoms with van der Waals surface area (Å²) in [6.45, 7) is 0. The molecular formula is C16H14FN3O. The molecule has 0 saturated heterocycles. The largest absolute Gasteiger partial charge is 0.399 e. The van der Waals surface area contributed by atoms with E-state index in [1.165, 1.54) is 18.2 Å². The summed E-state index contributed by atoms with van der Waals surface area (Å²) < 4.78 is 13.6. The SMILES string of the molecule is Nc1ccc(F)c(NC(=O)Cc2c[nH]c3ccccc23)c1. The highest BCUT2D eigenvalue weighted by Gasteiger charge is 2.11. The van der Waals surface area contributed by atoms with Crippen LogP contribution in [0.3, 0.4) is 0 Å². The number of carbonyl (C=O) groups excluding carboxylic acids is 1. The molecule has 21 heavy (non-hydrogen) atoms. The summed E-state index contributed by atoms with van der Waals surface area (Å²) in [6.07, 6.45) is 1.96. The van der Waals surface area contributed by atoms with Crippen molar-refractivity contribution in [1.29, 1.82) is 0 Å². The van der Waals surface area contributed by atoms with Crippen LogP contribution in [0.4, 0.5) is 15.8 Å². The Morgan fingerprint density at radius 2 is 2.05 bits per heavy atom. The van der Waals surface area contributed by atoms with E-state index < -0.39 is 5.82 Å². The molecule has 0 aliphatic heterocycles. The van der Waals surface area contributed by atoms with E-state index in [1.807, 2.05) is 24.3 Å². The van der Waals surface area contributed by atoms with Crippen LogP contribution in [0.15, 0.2) is 48.7 Å². The van der Waals surface area contributed by atoms with Crippen molar-refractivity contribution in [3.05, 3.63) is 60.0 Å². The Hall–Kier alpha value is -2.82. The van der Waals surface area contributed by atoms with Gasteiger partial charge in [0.1, 0.15) is 5.82 Å². The zero-order chi connectivity index (χ0) is 14.8. The summed E-state index contributed by atoms with van der Waals surface area (Å²) in [4.78, 5) is 15.2. The fourth-order valence-electron chi connectivity index (χ4n) is 2.28. The Kier molecular flexibility index (Phi) is 3.31. The van der Waals surface area contributed by atoms with Crippen molar-refractivity contribution in [3.8, 4) is 0 Å². The van der Waals surface area contributed by atoms with E-state index in [4.69, 9.17) is 5.73 Å². The lowest BCUT2D eigenvalue weighted by Gasteiger charge is -2.07. The number of fused-ring (bicyclic) bond motifs is 1. The van der Waals surface area contributed by atoms with E-state index in [0.29, 0.717) is 5.69 Å². The number of H-pyrrole nitrogens is 1. The maximum absolute atomic E-state index is 13.6. The summed E-state index contributed by atoms with van der Waals surface area (Å²) in [6, 6.07) is 11.8. The number of hydrogen-bond donors (Lipinski definition) is 3. The fraction of sp³-hybridized carbons (Fsp3) is 0.0625. The quantitative estimate of drug-likeness (QED) is 0.646. The first-order valence-corrected chi connectivity index (χ1v) is 6.53. The molecule has 0 fully saturated rings. The Bertz CT molecular complexity index is 810. The van der Waals surface area contributed by atoms with Gasteiger partial charge < -0.3 is 16.0 Å². The van der Waals surface area contributed by atoms with Crippen molar-refractivity contribution in [2.75, 3.05) is 11.1 Å². The zero-order valence-corrected chi connectivity index (χ0v) is 11.2. The predicted octanol–water partition coefficient (Wildman–Crippen LogP) is 3.07. The van der Waals surface area contributed by atoms with Crippen molar-refractivity contribution >= 4 is 28.2 Å². The number of amides is 1. The minimum atomic E-state index is -0.503. The summed E-state index contributed by atoms with van der Waals surface area (Å²) >= 11 is 0. The Labute approximate surface area is 120 Å². The predicted molar refractivity (Wildman–Crippen MR) is 81.4 cm³/mol. The molecule has 4 nitrogen and oxygen atoms in total. The summed E-state index contributed by atoms with van der Waals surface area (Å²) in [5.74, 6) is -0.791. The van der Waals surface area contributed by atoms with E-state index in [9.17, 15) is 9.18 Å². The van der Waals surface area contributed by atoms with E-state index in [2.05, 4.69) is 10.3 Å². The third-order valence-corrected chi connectivity index (χ3v) is 3.29. The number of anilines is 2. The molecule has 0 atom stereocenters. The minimum Gasteiger partial charge on any atom is -0.399 e. The van der Waals surface area contributed by atoms with Crippen LogP contribution >= 0.6 is 0 Å². The number of hydrogen-bond acceptors (Lipinski definition) is 2. The van der Waals surface area contributed by atoms with E-state index >= 15 is 0 Å². The van der Waals surface area contributed by atoms with E-state index in [0.717, 1.165) is 16.5 Å². The number of aromatic amines is 1. The molecule has 3 aromatic rings. The molecule has 0 aliphatic carbocycles. The molecule has 0 unspecified atom stereocenters. The third-order valence-electron chi connectivity index (χ3n) is 3.29. The molecule has 0 aliphatic rings. The first-order chi connectivity index (χ1) is 10.1. The van der Waals surface area contributed by atoms with Gasteiger partial charge >= 0.3 is 0 Å². The maximum atomic E-state index is 13.6. The maximum Gasteiger partial charge on any atom is 0.228 e. The Morgan fingerprint density at radius 1 is 1.24 bits per heavy atom. The summed E-state index contributed by atoms with van der Waals surface area (Å²) in [7, 11) is 0. The number of benzene rings is 2. The third kappa shape index (κ3) is 2.72. The number of rotatable bonds is 3. The molecule has 1 aromatic heterocycles. The molecule has 1 heterocycles. The molecule has 3 rings (SSSR count). The molecule has 2 aromatic carbocycles. The normalized spacial score (nSPS) is 10.7. The zero-order valence-electron chi connectivity index (χ0n) is 11.2. The number of nitrogens with one attached hydrogen (secondary N) is 2. The number of nitrogens with two attached hydrogens (primary N) is 1. The molecule has 4 N–H and O–H groups in total. The van der Waals surface area contributed by atoms with Crippen molar-refractivity contribution in [3.63, 3.8) is 0 Å². The monoisotopic (exact) mass is 283 g/mol. The second-order valence-electron chi connectivity index (χ2n) is 4.82. The first-order valence-electron chi connectivity index (χ1n) is 6.53. The number of para-hydroxylation sites is 1. The van der Waals surface area contributed by atoms with Crippen LogP contribution in [-0.2, 0) is 11.2 Å². The molecule has 106 valence electrons. The number of halogens is 1. The summed E-state index contributed by atoms with van der Waals surface area (Å²) in [5.41, 5.74) is 7.93. The smallest absolute Gasteiger partial charge is 0.228 e. The molecule has 0 bridgehead atoms. The van der Waals surface area contributed by atoms with Gasteiger partial charge in [0.15, 0.2) is 0 Å². The highest BCUT2D eigenvalue weighted by atomic mass is 19.1. The standard InChI is InChI=1S/C16H14FN3O/c17-13-6-5-11(18)8-15(13)20-16(21)7-10-9-19-14-4-2-1-3-12(10)14/h1-6,8-9,19H,7,18H2,(H,20,21). The molecule has 0 spiro atoms. The Morgan fingerprint density at radius 3 is 2.90 bits per heavy atom. The van der Waals surface area contributed by atoms with E-state index in [1.54, 1.807) is 6.20 Å². The number of carbonyl (C=O) groups is 1. The minimum absolute atomic E-state index is 0.0971. The van der Waals surface area contributed by atoms with Crippen molar-refractivity contribution in [1.82, 2.24) is 4.98 Å².